The molecule has 7 aromatic rings. The second-order valence-electron chi connectivity index (χ2n) is 18.0. The van der Waals surface area contributed by atoms with Gasteiger partial charge in [-0.3, -0.25) is 0 Å². The molecule has 0 radical (unpaired) electrons. The fraction of sp³-hybridized carbons (Fsp3) is 0.311. The standard InChI is InChI=1S/C61H64O11/c62-54-55(52(43-63-36-45-22-8-1-9-23-45)70-60(69-42-51-34-20-7-21-35-51)57(54)66-39-48-28-14-4-15-29-48)72-61-59(68-41-50-32-18-6-19-33-50)58(67-40-49-30-16-5-17-31-49)56(65-38-47-26-12-3-13-27-47)53(71-61)44-64-37-46-24-10-2-11-25-46/h1-35,52-62H,36-44H2/t52-,53-,54+,55-,56+,57-,58+,59-,60-,61+/m1/s1. The van der Waals surface area contributed by atoms with E-state index in [1.807, 2.05) is 212 Å². The minimum Gasteiger partial charge on any atom is -0.387 e. The summed E-state index contributed by atoms with van der Waals surface area (Å²) in [5.41, 5.74) is 6.73. The van der Waals surface area contributed by atoms with Gasteiger partial charge in [0.25, 0.3) is 0 Å². The van der Waals surface area contributed by atoms with Crippen molar-refractivity contribution in [2.75, 3.05) is 13.2 Å². The maximum absolute atomic E-state index is 12.9. The largest absolute Gasteiger partial charge is 0.387 e. The van der Waals surface area contributed by atoms with Crippen LogP contribution in [0.15, 0.2) is 212 Å². The number of rotatable bonds is 25. The summed E-state index contributed by atoms with van der Waals surface area (Å²) >= 11 is 0. The van der Waals surface area contributed by atoms with Gasteiger partial charge in [-0.1, -0.05) is 212 Å². The fourth-order valence-electron chi connectivity index (χ4n) is 8.91. The van der Waals surface area contributed by atoms with E-state index < -0.39 is 61.4 Å². The van der Waals surface area contributed by atoms with Crippen LogP contribution in [0.2, 0.25) is 0 Å². The van der Waals surface area contributed by atoms with E-state index in [4.69, 9.17) is 47.4 Å². The molecule has 374 valence electrons. The molecule has 9 rings (SSSR count). The number of hydrogen-bond donors (Lipinski definition) is 1. The Labute approximate surface area is 423 Å². The number of benzene rings is 7. The Morgan fingerprint density at radius 1 is 0.292 bits per heavy atom. The van der Waals surface area contributed by atoms with E-state index in [0.29, 0.717) is 13.2 Å². The van der Waals surface area contributed by atoms with E-state index in [1.54, 1.807) is 0 Å². The summed E-state index contributed by atoms with van der Waals surface area (Å²) in [4.78, 5) is 0. The van der Waals surface area contributed by atoms with Crippen molar-refractivity contribution in [3.05, 3.63) is 251 Å². The van der Waals surface area contributed by atoms with E-state index in [2.05, 4.69) is 0 Å². The monoisotopic (exact) mass is 972 g/mol. The molecule has 7 aromatic carbocycles. The maximum atomic E-state index is 12.9. The Morgan fingerprint density at radius 2 is 0.583 bits per heavy atom. The Balaban J connectivity index is 1.07. The van der Waals surface area contributed by atoms with Crippen molar-refractivity contribution in [3.63, 3.8) is 0 Å². The van der Waals surface area contributed by atoms with E-state index in [1.165, 1.54) is 0 Å². The Hall–Kier alpha value is -5.90. The highest BCUT2D eigenvalue weighted by molar-refractivity contribution is 5.19. The van der Waals surface area contributed by atoms with Gasteiger partial charge in [-0.15, -0.1) is 0 Å². The molecule has 2 heterocycles. The first kappa shape index (κ1) is 51.0. The summed E-state index contributed by atoms with van der Waals surface area (Å²) in [6.45, 7) is 1.90. The molecular weight excluding hydrogens is 909 g/mol. The lowest BCUT2D eigenvalue weighted by molar-refractivity contribution is -0.375. The molecule has 0 aliphatic carbocycles. The molecule has 2 aliphatic rings. The predicted octanol–water partition coefficient (Wildman–Crippen LogP) is 10.2. The lowest BCUT2D eigenvalue weighted by Gasteiger charge is -2.49. The molecule has 0 bridgehead atoms. The fourth-order valence-corrected chi connectivity index (χ4v) is 8.91. The average molecular weight is 973 g/mol. The molecule has 0 saturated carbocycles. The highest BCUT2D eigenvalue weighted by atomic mass is 16.8. The molecule has 11 heteroatoms. The van der Waals surface area contributed by atoms with Crippen LogP contribution in [-0.4, -0.2) is 79.7 Å². The molecule has 2 saturated heterocycles. The zero-order valence-corrected chi connectivity index (χ0v) is 40.4. The number of aliphatic hydroxyl groups excluding tert-OH is 1. The van der Waals surface area contributed by atoms with E-state index >= 15 is 0 Å². The van der Waals surface area contributed by atoms with Gasteiger partial charge < -0.3 is 52.5 Å². The van der Waals surface area contributed by atoms with Crippen LogP contribution >= 0.6 is 0 Å². The smallest absolute Gasteiger partial charge is 0.187 e. The highest BCUT2D eigenvalue weighted by Gasteiger charge is 2.54. The lowest BCUT2D eigenvalue weighted by atomic mass is 9.96. The minimum absolute atomic E-state index is 0.0375. The maximum Gasteiger partial charge on any atom is 0.187 e. The van der Waals surface area contributed by atoms with Gasteiger partial charge in [0.05, 0.1) is 59.5 Å². The van der Waals surface area contributed by atoms with Crippen molar-refractivity contribution in [1.82, 2.24) is 0 Å². The van der Waals surface area contributed by atoms with Crippen molar-refractivity contribution in [1.29, 1.82) is 0 Å². The SMILES string of the molecule is O[C@@H]1[C@@H](OCc2ccccc2)[C@H](OCc2ccccc2)O[C@H](COCc2ccccc2)[C@H]1O[C@@H]1O[C@H](COCc2ccccc2)[C@H](OCc2ccccc2)[C@H](OCc2ccccc2)[C@H]1OCc1ccccc1. The summed E-state index contributed by atoms with van der Waals surface area (Å²) in [6.07, 6.45) is -9.57. The van der Waals surface area contributed by atoms with Crippen LogP contribution in [0.4, 0.5) is 0 Å². The Morgan fingerprint density at radius 3 is 0.972 bits per heavy atom. The molecule has 0 amide bonds. The van der Waals surface area contributed by atoms with Gasteiger partial charge in [-0.05, 0) is 38.9 Å². The van der Waals surface area contributed by atoms with Gasteiger partial charge in [0, 0.05) is 0 Å². The first-order chi connectivity index (χ1) is 35.6. The molecule has 72 heavy (non-hydrogen) atoms. The summed E-state index contributed by atoms with van der Waals surface area (Å²) in [5, 5.41) is 12.9. The molecule has 0 spiro atoms. The molecule has 0 aromatic heterocycles. The van der Waals surface area contributed by atoms with Crippen molar-refractivity contribution in [2.24, 2.45) is 0 Å². The topological polar surface area (TPSA) is 113 Å². The summed E-state index contributed by atoms with van der Waals surface area (Å²) in [7, 11) is 0. The van der Waals surface area contributed by atoms with Crippen LogP contribution < -0.4 is 0 Å². The van der Waals surface area contributed by atoms with E-state index in [0.717, 1.165) is 38.9 Å². The first-order valence-electron chi connectivity index (χ1n) is 24.8. The van der Waals surface area contributed by atoms with Gasteiger partial charge in [0.15, 0.2) is 12.6 Å². The van der Waals surface area contributed by atoms with Crippen LogP contribution in [-0.2, 0) is 93.6 Å². The van der Waals surface area contributed by atoms with Gasteiger partial charge in [-0.25, -0.2) is 0 Å². The van der Waals surface area contributed by atoms with Gasteiger partial charge in [0.1, 0.15) is 48.8 Å². The average Bonchev–Trinajstić information content (AvgIpc) is 3.44. The van der Waals surface area contributed by atoms with Crippen molar-refractivity contribution >= 4 is 0 Å². The van der Waals surface area contributed by atoms with Crippen molar-refractivity contribution in [3.8, 4) is 0 Å². The zero-order chi connectivity index (χ0) is 49.0. The quantitative estimate of drug-likeness (QED) is 0.0591. The third kappa shape index (κ3) is 14.8. The molecule has 2 fully saturated rings. The van der Waals surface area contributed by atoms with Gasteiger partial charge in [-0.2, -0.15) is 0 Å². The number of hydrogen-bond acceptors (Lipinski definition) is 11. The molecular formula is C61H64O11. The van der Waals surface area contributed by atoms with Crippen LogP contribution in [0, 0.1) is 0 Å². The second-order valence-corrected chi connectivity index (χ2v) is 18.0. The molecule has 2 aliphatic heterocycles. The zero-order valence-electron chi connectivity index (χ0n) is 40.4. The molecule has 1 N–H and O–H groups in total. The normalized spacial score (nSPS) is 24.2. The lowest BCUT2D eigenvalue weighted by Crippen LogP contribution is -2.66. The summed E-state index contributed by atoms with van der Waals surface area (Å²) in [6, 6.07) is 69.4. The van der Waals surface area contributed by atoms with Crippen LogP contribution in [0.25, 0.3) is 0 Å². The third-order valence-corrected chi connectivity index (χ3v) is 12.7. The molecule has 0 unspecified atom stereocenters. The van der Waals surface area contributed by atoms with Crippen LogP contribution in [0.1, 0.15) is 38.9 Å². The van der Waals surface area contributed by atoms with Crippen LogP contribution in [0.3, 0.4) is 0 Å². The number of aliphatic hydroxyl groups is 1. The van der Waals surface area contributed by atoms with Crippen LogP contribution in [0.5, 0.6) is 0 Å². The third-order valence-electron chi connectivity index (χ3n) is 12.7. The van der Waals surface area contributed by atoms with Crippen molar-refractivity contribution in [2.45, 2.75) is 108 Å². The first-order valence-corrected chi connectivity index (χ1v) is 24.8. The van der Waals surface area contributed by atoms with E-state index in [-0.39, 0.29) is 46.2 Å². The predicted molar refractivity (Wildman–Crippen MR) is 272 cm³/mol. The number of ether oxygens (including phenoxy) is 10. The van der Waals surface area contributed by atoms with Gasteiger partial charge >= 0.3 is 0 Å². The summed E-state index contributed by atoms with van der Waals surface area (Å²) in [5.74, 6) is 0. The minimum atomic E-state index is -1.31. The second kappa shape index (κ2) is 27.2. The molecule has 10 atom stereocenters. The van der Waals surface area contributed by atoms with E-state index in [9.17, 15) is 5.11 Å². The van der Waals surface area contributed by atoms with Gasteiger partial charge in [0.2, 0.25) is 0 Å². The highest BCUT2D eigenvalue weighted by Crippen LogP contribution is 2.36. The van der Waals surface area contributed by atoms with Crippen molar-refractivity contribution < 1.29 is 52.5 Å². The Bertz CT molecular complexity index is 2540. The molecule has 11 nitrogen and oxygen atoms in total. The Kier molecular flexibility index (Phi) is 19.3. The summed E-state index contributed by atoms with van der Waals surface area (Å²) < 4.78 is 68.1.